The lowest BCUT2D eigenvalue weighted by Crippen LogP contribution is -2.20. The topological polar surface area (TPSA) is 61.8 Å². The van der Waals surface area contributed by atoms with Crippen LogP contribution in [0.3, 0.4) is 0 Å². The van der Waals surface area contributed by atoms with Crippen LogP contribution in [0.25, 0.3) is 0 Å². The summed E-state index contributed by atoms with van der Waals surface area (Å²) in [5.41, 5.74) is 0.815. The Morgan fingerprint density at radius 2 is 1.68 bits per heavy atom. The first-order chi connectivity index (χ1) is 11.7. The maximum Gasteiger partial charge on any atom is 0.353 e. The van der Waals surface area contributed by atoms with Crippen molar-refractivity contribution in [3.05, 3.63) is 35.9 Å². The van der Waals surface area contributed by atoms with Crippen molar-refractivity contribution in [3.63, 3.8) is 0 Å². The maximum atomic E-state index is 13.6. The van der Waals surface area contributed by atoms with Gasteiger partial charge in [0.15, 0.2) is 4.62 Å². The molecular weight excluding hydrogens is 363 g/mol. The van der Waals surface area contributed by atoms with Crippen LogP contribution in [0.15, 0.2) is 30.3 Å². The summed E-state index contributed by atoms with van der Waals surface area (Å²) in [4.78, 5) is 12.5. The molecule has 1 aliphatic carbocycles. The summed E-state index contributed by atoms with van der Waals surface area (Å²) in [7, 11) is -3.80. The van der Waals surface area contributed by atoms with Crippen LogP contribution in [-0.2, 0) is 23.1 Å². The van der Waals surface area contributed by atoms with E-state index in [-0.39, 0.29) is 18.8 Å². The molecule has 1 fully saturated rings. The molecule has 0 aromatic heterocycles. The molecule has 0 N–H and O–H groups in total. The van der Waals surface area contributed by atoms with Gasteiger partial charge in [0.05, 0.1) is 24.7 Å². The van der Waals surface area contributed by atoms with Crippen LogP contribution < -0.4 is 0 Å². The van der Waals surface area contributed by atoms with Crippen molar-refractivity contribution < 1.29 is 23.1 Å². The highest BCUT2D eigenvalue weighted by Crippen LogP contribution is 2.82. The molecule has 7 heteroatoms. The summed E-state index contributed by atoms with van der Waals surface area (Å²) in [6.07, 6.45) is -0.722. The summed E-state index contributed by atoms with van der Waals surface area (Å²) in [6, 6.07) is 9.29. The van der Waals surface area contributed by atoms with E-state index in [0.717, 1.165) is 5.56 Å². The number of carbonyl (C=O) groups is 1. The van der Waals surface area contributed by atoms with E-state index < -0.39 is 30.0 Å². The van der Waals surface area contributed by atoms with E-state index >= 15 is 0 Å². The van der Waals surface area contributed by atoms with Crippen molar-refractivity contribution in [2.75, 3.05) is 6.61 Å². The number of esters is 1. The Labute approximate surface area is 154 Å². The second-order valence-corrected chi connectivity index (χ2v) is 9.70. The number of hydrogen-bond donors (Lipinski definition) is 0. The van der Waals surface area contributed by atoms with E-state index in [0.29, 0.717) is 0 Å². The quantitative estimate of drug-likeness (QED) is 0.358. The first kappa shape index (κ1) is 20.4. The van der Waals surface area contributed by atoms with Crippen LogP contribution in [0.1, 0.15) is 46.1 Å². The molecule has 1 aromatic rings. The predicted molar refractivity (Wildman–Crippen MR) is 97.9 cm³/mol. The molecule has 0 saturated heterocycles. The Bertz CT molecular complexity index is 634. The lowest BCUT2D eigenvalue weighted by Gasteiger charge is -2.27. The lowest BCUT2D eigenvalue weighted by atomic mass is 10.1. The molecule has 0 unspecified atom stereocenters. The summed E-state index contributed by atoms with van der Waals surface area (Å²) in [5.74, 6) is -1.75. The van der Waals surface area contributed by atoms with Crippen LogP contribution in [-0.4, -0.2) is 29.4 Å². The van der Waals surface area contributed by atoms with E-state index in [1.165, 1.54) is 0 Å². The fourth-order valence-electron chi connectivity index (χ4n) is 3.05. The third-order valence-electron chi connectivity index (χ3n) is 3.91. The van der Waals surface area contributed by atoms with Crippen molar-refractivity contribution in [2.24, 2.45) is 5.92 Å². The third-order valence-corrected chi connectivity index (χ3v) is 7.80. The second-order valence-electron chi connectivity index (χ2n) is 6.65. The number of ether oxygens (including phenoxy) is 1. The van der Waals surface area contributed by atoms with E-state index in [1.807, 2.05) is 30.3 Å². The molecule has 25 heavy (non-hydrogen) atoms. The normalized spacial score (nSPS) is 26.1. The summed E-state index contributed by atoms with van der Waals surface area (Å²) in [6.45, 7) is 8.99. The minimum Gasteiger partial charge on any atom is -0.466 e. The van der Waals surface area contributed by atoms with Gasteiger partial charge in [0.1, 0.15) is 0 Å². The molecule has 1 aliphatic rings. The molecule has 0 heterocycles. The number of benzene rings is 1. The fraction of sp³-hybridized carbons (Fsp3) is 0.611. The van der Waals surface area contributed by atoms with Crippen LogP contribution >= 0.6 is 19.2 Å². The summed E-state index contributed by atoms with van der Waals surface area (Å²) in [5, 5.41) is 0. The van der Waals surface area contributed by atoms with Crippen molar-refractivity contribution in [2.45, 2.75) is 57.4 Å². The molecule has 0 aliphatic heterocycles. The van der Waals surface area contributed by atoms with Crippen molar-refractivity contribution in [1.29, 1.82) is 0 Å². The Hall–Kier alpha value is -0.870. The molecule has 1 aromatic carbocycles. The fourth-order valence-corrected chi connectivity index (χ4v) is 6.33. The Morgan fingerprint density at radius 3 is 2.12 bits per heavy atom. The van der Waals surface area contributed by atoms with Crippen molar-refractivity contribution in [3.8, 4) is 0 Å². The Morgan fingerprint density at radius 1 is 1.16 bits per heavy atom. The lowest BCUT2D eigenvalue weighted by molar-refractivity contribution is -0.144. The van der Waals surface area contributed by atoms with Gasteiger partial charge >= 0.3 is 13.6 Å². The highest BCUT2D eigenvalue weighted by Gasteiger charge is 2.79. The van der Waals surface area contributed by atoms with Crippen molar-refractivity contribution >= 4 is 25.2 Å². The van der Waals surface area contributed by atoms with Gasteiger partial charge in [0.2, 0.25) is 0 Å². The van der Waals surface area contributed by atoms with Gasteiger partial charge in [0.25, 0.3) is 0 Å². The van der Waals surface area contributed by atoms with E-state index in [9.17, 15) is 9.36 Å². The van der Waals surface area contributed by atoms with Gasteiger partial charge < -0.3 is 13.8 Å². The van der Waals surface area contributed by atoms with E-state index in [4.69, 9.17) is 25.4 Å². The molecule has 2 rings (SSSR count). The summed E-state index contributed by atoms with van der Waals surface area (Å²) >= 11 is 6.82. The van der Waals surface area contributed by atoms with E-state index in [1.54, 1.807) is 34.6 Å². The first-order valence-electron chi connectivity index (χ1n) is 8.54. The second kappa shape index (κ2) is 7.79. The van der Waals surface area contributed by atoms with Gasteiger partial charge in [-0.1, -0.05) is 30.3 Å². The van der Waals surface area contributed by atoms with Crippen molar-refractivity contribution in [1.82, 2.24) is 0 Å². The Balaban J connectivity index is 2.47. The molecule has 3 atom stereocenters. The average Bonchev–Trinajstić information content (AvgIpc) is 3.15. The zero-order valence-corrected chi connectivity index (χ0v) is 16.9. The van der Waals surface area contributed by atoms with Crippen LogP contribution in [0.4, 0.5) is 0 Å². The molecule has 140 valence electrons. The number of hydrogen-bond acceptors (Lipinski definition) is 5. The predicted octanol–water partition coefficient (Wildman–Crippen LogP) is 4.94. The van der Waals surface area contributed by atoms with E-state index in [2.05, 4.69) is 0 Å². The average molecular weight is 389 g/mol. The van der Waals surface area contributed by atoms with Crippen LogP contribution in [0, 0.1) is 5.92 Å². The zero-order chi connectivity index (χ0) is 18.8. The third kappa shape index (κ3) is 3.95. The molecule has 5 nitrogen and oxygen atoms in total. The van der Waals surface area contributed by atoms with Gasteiger partial charge in [-0.2, -0.15) is 0 Å². The van der Waals surface area contributed by atoms with Gasteiger partial charge in [-0.25, -0.2) is 0 Å². The molecule has 0 spiro atoms. The molecule has 1 saturated carbocycles. The summed E-state index contributed by atoms with van der Waals surface area (Å²) < 4.78 is 28.7. The van der Waals surface area contributed by atoms with Crippen LogP contribution in [0.5, 0.6) is 0 Å². The van der Waals surface area contributed by atoms with Gasteiger partial charge in [0, 0.05) is 5.92 Å². The molecule has 0 radical (unpaired) electrons. The molecular formula is C18H26ClO5P. The Kier molecular flexibility index (Phi) is 6.37. The number of carbonyl (C=O) groups excluding carboxylic acids is 1. The van der Waals surface area contributed by atoms with Gasteiger partial charge in [-0.15, -0.1) is 11.6 Å². The zero-order valence-electron chi connectivity index (χ0n) is 15.3. The smallest absolute Gasteiger partial charge is 0.353 e. The highest BCUT2D eigenvalue weighted by molar-refractivity contribution is 7.58. The number of halogens is 1. The minimum absolute atomic E-state index is 0.226. The van der Waals surface area contributed by atoms with Gasteiger partial charge in [-0.3, -0.25) is 9.36 Å². The molecule has 0 amide bonds. The monoisotopic (exact) mass is 388 g/mol. The van der Waals surface area contributed by atoms with Crippen LogP contribution in [0.2, 0.25) is 0 Å². The number of alkyl halides is 1. The van der Waals surface area contributed by atoms with Gasteiger partial charge in [-0.05, 0) is 40.2 Å². The first-order valence-corrected chi connectivity index (χ1v) is 10.5. The minimum atomic E-state index is -3.80. The standard InChI is InChI=1S/C18H26ClO5P/c1-6-22-17(20)16-15(14-10-8-7-9-11-14)18(16,19)25(21,23-12(2)3)24-13(4)5/h7-13,15-16H,6H2,1-5H3/t15-,16+,18+/m0/s1. The maximum absolute atomic E-state index is 13.6. The highest BCUT2D eigenvalue weighted by atomic mass is 35.5. The SMILES string of the molecule is CCOC(=O)[C@H]1[C@H](c2ccccc2)[C@@]1(Cl)P(=O)(OC(C)C)OC(C)C. The molecule has 0 bridgehead atoms. The largest absolute Gasteiger partial charge is 0.466 e. The number of rotatable bonds is 8.